The molecule has 294 valence electrons. The van der Waals surface area contributed by atoms with E-state index < -0.39 is 77.5 Å². The number of rotatable bonds is 9. The molecule has 12 heteroatoms. The molecule has 51 heavy (non-hydrogen) atoms. The van der Waals surface area contributed by atoms with Gasteiger partial charge in [0.05, 0.1) is 35.7 Å². The molecule has 4 heterocycles. The van der Waals surface area contributed by atoms with Crippen LogP contribution in [0.3, 0.4) is 0 Å². The van der Waals surface area contributed by atoms with Crippen LogP contribution in [-0.4, -0.2) is 122 Å². The summed E-state index contributed by atoms with van der Waals surface area (Å²) in [5.41, 5.74) is -2.06. The summed E-state index contributed by atoms with van der Waals surface area (Å²) in [4.78, 5) is 30.7. The highest BCUT2D eigenvalue weighted by Gasteiger charge is 2.56. The van der Waals surface area contributed by atoms with Crippen molar-refractivity contribution in [3.8, 4) is 0 Å². The molecule has 3 fully saturated rings. The number of Topliss-reactive ketones (excluding diaryl/α,β-unsaturated/α-hetero) is 1. The second-order valence-corrected chi connectivity index (χ2v) is 16.4. The highest BCUT2D eigenvalue weighted by atomic mass is 16.7. The fourth-order valence-corrected chi connectivity index (χ4v) is 8.98. The Morgan fingerprint density at radius 2 is 1.61 bits per heavy atom. The summed E-state index contributed by atoms with van der Waals surface area (Å²) in [6.45, 7) is 21.8. The molecular weight excluding hydrogens is 658 g/mol. The number of methoxy groups -OCH3 is 2. The van der Waals surface area contributed by atoms with Gasteiger partial charge in [-0.3, -0.25) is 9.59 Å². The lowest BCUT2D eigenvalue weighted by atomic mass is 9.79. The van der Waals surface area contributed by atoms with E-state index in [1.165, 1.54) is 7.11 Å². The number of ether oxygens (including phenoxy) is 8. The molecule has 4 rings (SSSR count). The van der Waals surface area contributed by atoms with E-state index in [-0.39, 0.29) is 24.0 Å². The van der Waals surface area contributed by atoms with Gasteiger partial charge in [-0.25, -0.2) is 0 Å². The van der Waals surface area contributed by atoms with E-state index in [9.17, 15) is 14.7 Å². The van der Waals surface area contributed by atoms with Crippen molar-refractivity contribution in [1.29, 1.82) is 0 Å². The molecule has 2 bridgehead atoms. The third-order valence-electron chi connectivity index (χ3n) is 12.2. The Labute approximate surface area is 306 Å². The van der Waals surface area contributed by atoms with Gasteiger partial charge in [0.1, 0.15) is 29.7 Å². The Morgan fingerprint density at radius 1 is 0.941 bits per heavy atom. The van der Waals surface area contributed by atoms with Crippen LogP contribution in [0, 0.1) is 17.8 Å². The number of carbonyl (C=O) groups is 2. The second-order valence-electron chi connectivity index (χ2n) is 16.4. The highest BCUT2D eigenvalue weighted by Crippen LogP contribution is 2.47. The summed E-state index contributed by atoms with van der Waals surface area (Å²) in [6, 6.07) is -0.193. The van der Waals surface area contributed by atoms with Crippen molar-refractivity contribution in [2.75, 3.05) is 27.8 Å². The third kappa shape index (κ3) is 8.53. The van der Waals surface area contributed by atoms with Gasteiger partial charge in [0, 0.05) is 45.4 Å². The first-order valence-electron chi connectivity index (χ1n) is 19.0. The summed E-state index contributed by atoms with van der Waals surface area (Å²) < 4.78 is 51.4. The number of hydrogen-bond acceptors (Lipinski definition) is 12. The number of allylic oxidation sites excluding steroid dienone is 1. The Balaban J connectivity index is 1.85. The van der Waals surface area contributed by atoms with Crippen molar-refractivity contribution < 1.29 is 52.6 Å². The zero-order chi connectivity index (χ0) is 38.2. The van der Waals surface area contributed by atoms with Gasteiger partial charge in [0.2, 0.25) is 0 Å². The number of hydrogen-bond donors (Lipinski definition) is 1. The van der Waals surface area contributed by atoms with Gasteiger partial charge in [-0.2, -0.15) is 0 Å². The molecule has 0 spiro atoms. The van der Waals surface area contributed by atoms with Crippen LogP contribution in [0.5, 0.6) is 0 Å². The number of esters is 1. The number of aliphatic hydroxyl groups is 1. The average molecular weight is 726 g/mol. The maximum absolute atomic E-state index is 14.3. The molecule has 12 nitrogen and oxygen atoms in total. The average Bonchev–Trinajstić information content (AvgIpc) is 3.40. The molecule has 0 aromatic carbocycles. The molecule has 0 radical (unpaired) electrons. The first-order valence-corrected chi connectivity index (χ1v) is 19.0. The molecule has 0 aromatic rings. The number of carbonyl (C=O) groups excluding carboxylic acids is 2. The number of likely N-dealkylation sites (N-methyl/N-ethyl adjacent to an activating group) is 1. The van der Waals surface area contributed by atoms with Crippen LogP contribution in [0.15, 0.2) is 11.3 Å². The van der Waals surface area contributed by atoms with Crippen LogP contribution < -0.4 is 0 Å². The predicted molar refractivity (Wildman–Crippen MR) is 191 cm³/mol. The van der Waals surface area contributed by atoms with E-state index in [1.807, 2.05) is 55.5 Å². The standard InChI is InChI=1S/C39H67NO11/c1-15-28-39(11,45-14)33(42)24(6)31-21(3)18-38(10,51-31)34(50-36-30(41)27(40(12)16-2)17-22(4)47-36)25(7)32(26(8)35(43)48-28)49-29-20-37(9,44-13)19-23(5)46-29/h22-30,32,34,36,41H,15-20H2,1-14H3/t22?,23?,24-,25?,26?,27?,28?,29-,30+,32?,34+,36?,37-,38-,39+/m0/s1. The topological polar surface area (TPSA) is 131 Å². The molecule has 8 unspecified atom stereocenters. The fourth-order valence-electron chi connectivity index (χ4n) is 8.98. The van der Waals surface area contributed by atoms with Gasteiger partial charge in [0.15, 0.2) is 24.0 Å². The van der Waals surface area contributed by atoms with Gasteiger partial charge >= 0.3 is 5.97 Å². The molecule has 4 aliphatic heterocycles. The Morgan fingerprint density at radius 3 is 2.20 bits per heavy atom. The van der Waals surface area contributed by atoms with Crippen molar-refractivity contribution in [2.45, 2.75) is 180 Å². The minimum atomic E-state index is -1.44. The van der Waals surface area contributed by atoms with E-state index in [1.54, 1.807) is 27.9 Å². The Kier molecular flexibility index (Phi) is 13.5. The number of nitrogens with zero attached hydrogens (tertiary/aromatic N) is 1. The molecule has 0 aromatic heterocycles. The van der Waals surface area contributed by atoms with Crippen LogP contribution in [-0.2, 0) is 47.5 Å². The van der Waals surface area contributed by atoms with E-state index in [0.29, 0.717) is 37.9 Å². The van der Waals surface area contributed by atoms with Gasteiger partial charge < -0.3 is 47.9 Å². The van der Waals surface area contributed by atoms with E-state index in [4.69, 9.17) is 37.9 Å². The largest absolute Gasteiger partial charge is 0.488 e. The summed E-state index contributed by atoms with van der Waals surface area (Å²) in [7, 11) is 5.14. The molecule has 3 saturated heterocycles. The van der Waals surface area contributed by atoms with Gasteiger partial charge in [-0.15, -0.1) is 0 Å². The van der Waals surface area contributed by atoms with Crippen LogP contribution in [0.2, 0.25) is 0 Å². The lowest BCUT2D eigenvalue weighted by molar-refractivity contribution is -0.309. The van der Waals surface area contributed by atoms with Crippen molar-refractivity contribution in [3.05, 3.63) is 11.3 Å². The first-order chi connectivity index (χ1) is 23.8. The van der Waals surface area contributed by atoms with Gasteiger partial charge in [0.25, 0.3) is 0 Å². The van der Waals surface area contributed by atoms with Crippen molar-refractivity contribution >= 4 is 11.8 Å². The van der Waals surface area contributed by atoms with E-state index in [2.05, 4.69) is 11.8 Å². The first kappa shape index (κ1) is 42.1. The number of ketones is 1. The lowest BCUT2D eigenvalue weighted by Gasteiger charge is -2.48. The lowest BCUT2D eigenvalue weighted by Crippen LogP contribution is -2.59. The Hall–Kier alpha value is -1.64. The van der Waals surface area contributed by atoms with Crippen LogP contribution in [0.4, 0.5) is 0 Å². The third-order valence-corrected chi connectivity index (χ3v) is 12.2. The van der Waals surface area contributed by atoms with Crippen molar-refractivity contribution in [3.63, 3.8) is 0 Å². The van der Waals surface area contributed by atoms with E-state index in [0.717, 1.165) is 12.1 Å². The van der Waals surface area contributed by atoms with Gasteiger partial charge in [-0.05, 0) is 87.4 Å². The summed E-state index contributed by atoms with van der Waals surface area (Å²) in [6.07, 6.45) is -2.88. The summed E-state index contributed by atoms with van der Waals surface area (Å²) in [5, 5.41) is 11.7. The molecule has 4 aliphatic rings. The maximum atomic E-state index is 14.3. The summed E-state index contributed by atoms with van der Waals surface area (Å²) >= 11 is 0. The van der Waals surface area contributed by atoms with Crippen molar-refractivity contribution in [1.82, 2.24) is 4.90 Å². The summed E-state index contributed by atoms with van der Waals surface area (Å²) in [5.74, 6) is -2.30. The fraction of sp³-hybridized carbons (Fsp3) is 0.897. The number of fused-ring (bicyclic) bond motifs is 2. The molecule has 0 aliphatic carbocycles. The minimum Gasteiger partial charge on any atom is -0.488 e. The Bertz CT molecular complexity index is 1260. The van der Waals surface area contributed by atoms with Gasteiger partial charge in [-0.1, -0.05) is 20.8 Å². The zero-order valence-corrected chi connectivity index (χ0v) is 33.6. The SMILES string of the molecule is CCC1OC(=O)C(C)C(O[C@H]2C[C@@](C)(OC)CC(C)O2)C(C)[C@@H](OC2OC(C)CC(N(C)CC)[C@H]2O)[C@]2(C)CC(C)=C(O2)[C@H](C)C(=O)[C@]1(C)OC. The monoisotopic (exact) mass is 725 g/mol. The molecular formula is C39H67NO11. The molecule has 0 saturated carbocycles. The highest BCUT2D eigenvalue weighted by molar-refractivity contribution is 5.92. The number of cyclic esters (lactones) is 1. The van der Waals surface area contributed by atoms with Crippen molar-refractivity contribution in [2.24, 2.45) is 17.8 Å². The maximum Gasteiger partial charge on any atom is 0.311 e. The van der Waals surface area contributed by atoms with Crippen LogP contribution >= 0.6 is 0 Å². The van der Waals surface area contributed by atoms with Crippen LogP contribution in [0.1, 0.15) is 108 Å². The molecule has 15 atom stereocenters. The quantitative estimate of drug-likeness (QED) is 0.315. The molecule has 1 N–H and O–H groups in total. The number of aliphatic hydroxyl groups excluding tert-OH is 1. The minimum absolute atomic E-state index is 0.155. The normalized spacial score (nSPS) is 45.9. The smallest absolute Gasteiger partial charge is 0.311 e. The van der Waals surface area contributed by atoms with Crippen LogP contribution in [0.25, 0.3) is 0 Å². The van der Waals surface area contributed by atoms with E-state index >= 15 is 0 Å². The zero-order valence-electron chi connectivity index (χ0n) is 33.6. The second kappa shape index (κ2) is 16.4. The molecule has 0 amide bonds. The predicted octanol–water partition coefficient (Wildman–Crippen LogP) is 5.17.